The van der Waals surface area contributed by atoms with E-state index in [9.17, 15) is 4.39 Å². The van der Waals surface area contributed by atoms with Gasteiger partial charge in [0, 0.05) is 37.4 Å². The lowest BCUT2D eigenvalue weighted by atomic mass is 9.89. The Morgan fingerprint density at radius 2 is 1.91 bits per heavy atom. The molecule has 2 fully saturated rings. The van der Waals surface area contributed by atoms with E-state index in [1.54, 1.807) is 17.0 Å². The van der Waals surface area contributed by atoms with E-state index in [0.717, 1.165) is 25.9 Å². The van der Waals surface area contributed by atoms with Gasteiger partial charge in [0.1, 0.15) is 0 Å². The molecule has 4 rings (SSSR count). The molecule has 8 nitrogen and oxygen atoms in total. The molecule has 2 atom stereocenters. The highest BCUT2D eigenvalue weighted by Crippen LogP contribution is 2.28. The molecule has 0 amide bonds. The minimum atomic E-state index is -0.423. The van der Waals surface area contributed by atoms with Crippen molar-refractivity contribution in [1.29, 1.82) is 0 Å². The molecule has 0 bridgehead atoms. The summed E-state index contributed by atoms with van der Waals surface area (Å²) < 4.78 is 19.4. The number of ether oxygens (including phenoxy) is 1. The predicted octanol–water partition coefficient (Wildman–Crippen LogP) is 4.72. The van der Waals surface area contributed by atoms with Gasteiger partial charge in [-0.15, -0.1) is 0 Å². The van der Waals surface area contributed by atoms with Crippen LogP contribution in [-0.4, -0.2) is 54.3 Å². The number of halogens is 1. The summed E-state index contributed by atoms with van der Waals surface area (Å²) in [5.74, 6) is 1.98. The molecule has 2 aliphatic rings. The largest absolute Gasteiger partial charge is 0.494 e. The van der Waals surface area contributed by atoms with Crippen LogP contribution in [0.4, 0.5) is 27.9 Å². The van der Waals surface area contributed by atoms with E-state index >= 15 is 0 Å². The average Bonchev–Trinajstić information content (AvgIpc) is 3.41. The Morgan fingerprint density at radius 1 is 1.12 bits per heavy atom. The highest BCUT2D eigenvalue weighted by atomic mass is 19.1. The summed E-state index contributed by atoms with van der Waals surface area (Å²) in [5, 5.41) is 10.6. The molecule has 0 spiro atoms. The first kappa shape index (κ1) is 24.4. The van der Waals surface area contributed by atoms with Crippen LogP contribution in [0.1, 0.15) is 58.3 Å². The van der Waals surface area contributed by atoms with E-state index in [1.165, 1.54) is 51.7 Å². The average molecular weight is 472 g/mol. The van der Waals surface area contributed by atoms with Gasteiger partial charge >= 0.3 is 0 Å². The third-order valence-electron chi connectivity index (χ3n) is 7.06. The maximum Gasteiger partial charge on any atom is 0.236 e. The fraction of sp³-hybridized carbons (Fsp3) is 0.640. The molecule has 1 aliphatic heterocycles. The van der Waals surface area contributed by atoms with Crippen LogP contribution < -0.4 is 25.6 Å². The van der Waals surface area contributed by atoms with Gasteiger partial charge in [-0.2, -0.15) is 15.0 Å². The molecule has 1 saturated heterocycles. The van der Waals surface area contributed by atoms with Crippen molar-refractivity contribution < 1.29 is 9.13 Å². The summed E-state index contributed by atoms with van der Waals surface area (Å²) in [6.45, 7) is 4.07. The van der Waals surface area contributed by atoms with Gasteiger partial charge in [-0.25, -0.2) is 4.39 Å². The molecule has 0 radical (unpaired) electrons. The fourth-order valence-electron chi connectivity index (χ4n) is 4.97. The van der Waals surface area contributed by atoms with Gasteiger partial charge in [0.2, 0.25) is 17.8 Å². The maximum atomic E-state index is 14.4. The summed E-state index contributed by atoms with van der Waals surface area (Å²) in [4.78, 5) is 15.9. The van der Waals surface area contributed by atoms with E-state index in [2.05, 4.69) is 27.9 Å². The van der Waals surface area contributed by atoms with Crippen molar-refractivity contribution in [1.82, 2.24) is 20.3 Å². The van der Waals surface area contributed by atoms with Crippen LogP contribution in [0.2, 0.25) is 0 Å². The highest BCUT2D eigenvalue weighted by Gasteiger charge is 2.25. The molecule has 1 aliphatic carbocycles. The first-order valence-electron chi connectivity index (χ1n) is 12.6. The molecule has 1 aromatic heterocycles. The Balaban J connectivity index is 1.57. The first-order chi connectivity index (χ1) is 16.6. The molecule has 34 heavy (non-hydrogen) atoms. The topological polar surface area (TPSA) is 87.2 Å². The van der Waals surface area contributed by atoms with Crippen LogP contribution in [0.25, 0.3) is 0 Å². The first-order valence-corrected chi connectivity index (χ1v) is 12.6. The lowest BCUT2D eigenvalue weighted by molar-refractivity contribution is 0.373. The maximum absolute atomic E-state index is 14.4. The number of aromatic nitrogens is 3. The predicted molar refractivity (Wildman–Crippen MR) is 135 cm³/mol. The van der Waals surface area contributed by atoms with E-state index in [0.29, 0.717) is 35.5 Å². The van der Waals surface area contributed by atoms with E-state index in [-0.39, 0.29) is 11.8 Å². The number of anilines is 4. The van der Waals surface area contributed by atoms with Gasteiger partial charge in [-0.05, 0) is 56.7 Å². The van der Waals surface area contributed by atoms with Crippen LogP contribution in [0, 0.1) is 11.7 Å². The molecule has 2 aromatic rings. The number of rotatable bonds is 10. The number of hydrogen-bond donors (Lipinski definition) is 3. The molecule has 9 heteroatoms. The van der Waals surface area contributed by atoms with Gasteiger partial charge in [0.25, 0.3) is 0 Å². The molecule has 186 valence electrons. The zero-order valence-electron chi connectivity index (χ0n) is 20.6. The summed E-state index contributed by atoms with van der Waals surface area (Å²) >= 11 is 0. The monoisotopic (exact) mass is 471 g/mol. The number of methoxy groups -OCH3 is 1. The fourth-order valence-corrected chi connectivity index (χ4v) is 4.97. The molecule has 1 aromatic carbocycles. The lowest BCUT2D eigenvalue weighted by Gasteiger charge is -2.25. The van der Waals surface area contributed by atoms with Crippen molar-refractivity contribution in [3.8, 4) is 5.75 Å². The summed E-state index contributed by atoms with van der Waals surface area (Å²) in [7, 11) is 3.29. The minimum Gasteiger partial charge on any atom is -0.494 e. The van der Waals surface area contributed by atoms with E-state index in [1.807, 2.05) is 7.05 Å². The zero-order chi connectivity index (χ0) is 23.9. The zero-order valence-corrected chi connectivity index (χ0v) is 20.6. The molecular weight excluding hydrogens is 433 g/mol. The van der Waals surface area contributed by atoms with Crippen LogP contribution >= 0.6 is 0 Å². The second kappa shape index (κ2) is 11.6. The second-order valence-corrected chi connectivity index (χ2v) is 9.41. The van der Waals surface area contributed by atoms with Gasteiger partial charge in [0.05, 0.1) is 7.11 Å². The second-order valence-electron chi connectivity index (χ2n) is 9.41. The third-order valence-corrected chi connectivity index (χ3v) is 7.06. The van der Waals surface area contributed by atoms with Crippen molar-refractivity contribution >= 4 is 23.5 Å². The van der Waals surface area contributed by atoms with Crippen LogP contribution in [0.5, 0.6) is 5.75 Å². The quantitative estimate of drug-likeness (QED) is 0.459. The van der Waals surface area contributed by atoms with Crippen molar-refractivity contribution in [3.63, 3.8) is 0 Å². The summed E-state index contributed by atoms with van der Waals surface area (Å²) in [6.07, 6.45) is 9.69. The van der Waals surface area contributed by atoms with Crippen molar-refractivity contribution in [2.45, 2.75) is 70.4 Å². The molecule has 2 unspecified atom stereocenters. The highest BCUT2D eigenvalue weighted by molar-refractivity contribution is 5.59. The number of nitrogens with zero attached hydrogens (tertiary/aromatic N) is 4. The summed E-state index contributed by atoms with van der Waals surface area (Å²) in [5.41, 5.74) is 0.637. The van der Waals surface area contributed by atoms with Gasteiger partial charge in [0.15, 0.2) is 11.6 Å². The Bertz CT molecular complexity index is 931. The molecule has 2 heterocycles. The van der Waals surface area contributed by atoms with Gasteiger partial charge in [-0.3, -0.25) is 0 Å². The van der Waals surface area contributed by atoms with Crippen LogP contribution in [0.15, 0.2) is 18.2 Å². The Labute approximate surface area is 202 Å². The normalized spacial score (nSPS) is 19.6. The number of hydrogen-bond acceptors (Lipinski definition) is 8. The van der Waals surface area contributed by atoms with E-state index in [4.69, 9.17) is 14.7 Å². The van der Waals surface area contributed by atoms with Crippen molar-refractivity contribution in [2.24, 2.45) is 5.92 Å². The minimum absolute atomic E-state index is 0.208. The van der Waals surface area contributed by atoms with Gasteiger partial charge in [-0.1, -0.05) is 26.2 Å². The van der Waals surface area contributed by atoms with E-state index < -0.39 is 5.82 Å². The standard InChI is InChI=1S/C25H38FN7O/c1-4-20(21-11-8-14-27-21)29-24-30-23(28-16-17-9-6-5-7-10-17)31-25(32-24)33(2)18-12-13-22(34-3)19(26)15-18/h12-13,15,17,20-21,27H,4-11,14,16H2,1-3H3,(H2,28,29,30,31,32). The number of nitrogens with one attached hydrogen (secondary N) is 3. The van der Waals surface area contributed by atoms with Crippen molar-refractivity contribution in [2.75, 3.05) is 42.8 Å². The Kier molecular flexibility index (Phi) is 8.37. The molecule has 3 N–H and O–H groups in total. The van der Waals surface area contributed by atoms with Crippen LogP contribution in [-0.2, 0) is 0 Å². The van der Waals surface area contributed by atoms with Crippen molar-refractivity contribution in [3.05, 3.63) is 24.0 Å². The summed E-state index contributed by atoms with van der Waals surface area (Å²) in [6, 6.07) is 5.47. The lowest BCUT2D eigenvalue weighted by Crippen LogP contribution is -2.40. The Morgan fingerprint density at radius 3 is 2.59 bits per heavy atom. The molecule has 1 saturated carbocycles. The van der Waals surface area contributed by atoms with Gasteiger partial charge < -0.3 is 25.6 Å². The number of benzene rings is 1. The van der Waals surface area contributed by atoms with Crippen LogP contribution in [0.3, 0.4) is 0 Å². The third kappa shape index (κ3) is 6.05. The smallest absolute Gasteiger partial charge is 0.236 e. The SMILES string of the molecule is CCC(Nc1nc(NCC2CCCCC2)nc(N(C)c2ccc(OC)c(F)c2)n1)C1CCCN1. The molecular formula is C25H38FN7O. The Hall–Kier alpha value is -2.68.